The second-order valence-corrected chi connectivity index (χ2v) is 4.02. The molecule has 0 spiro atoms. The molecule has 1 aromatic heterocycles. The average molecular weight is 271 g/mol. The molecule has 2 rings (SSSR count). The highest BCUT2D eigenvalue weighted by atomic mass is 35.5. The first-order chi connectivity index (χ1) is 8.50. The molecule has 0 radical (unpaired) electrons. The van der Waals surface area contributed by atoms with E-state index >= 15 is 0 Å². The van der Waals surface area contributed by atoms with E-state index in [9.17, 15) is 9.18 Å². The molecule has 0 saturated carbocycles. The third-order valence-corrected chi connectivity index (χ3v) is 2.62. The molecule has 1 aromatic carbocycles. The minimum atomic E-state index is -1.11. The van der Waals surface area contributed by atoms with Crippen LogP contribution in [0.15, 0.2) is 18.2 Å². The second-order valence-electron chi connectivity index (χ2n) is 3.59. The first-order valence-corrected chi connectivity index (χ1v) is 5.34. The van der Waals surface area contributed by atoms with Crippen LogP contribution in [0, 0.1) is 5.82 Å². The first kappa shape index (κ1) is 12.4. The summed E-state index contributed by atoms with van der Waals surface area (Å²) < 4.78 is 14.8. The van der Waals surface area contributed by atoms with Crippen molar-refractivity contribution in [2.45, 2.75) is 13.0 Å². The lowest BCUT2D eigenvalue weighted by atomic mass is 10.2. The molecule has 6 nitrogen and oxygen atoms in total. The normalized spacial score (nSPS) is 12.4. The van der Waals surface area contributed by atoms with Gasteiger partial charge in [-0.05, 0) is 35.5 Å². The number of halogens is 2. The Balaban J connectivity index is 2.52. The van der Waals surface area contributed by atoms with Gasteiger partial charge in [-0.15, -0.1) is 5.10 Å². The predicted octanol–water partition coefficient (Wildman–Crippen LogP) is 1.78. The summed E-state index contributed by atoms with van der Waals surface area (Å²) in [6.07, 6.45) is 0. The number of hydrogen-bond acceptors (Lipinski definition) is 4. The van der Waals surface area contributed by atoms with Crippen molar-refractivity contribution in [2.24, 2.45) is 0 Å². The maximum Gasteiger partial charge on any atom is 0.328 e. The molecule has 0 saturated heterocycles. The topological polar surface area (TPSA) is 80.9 Å². The lowest BCUT2D eigenvalue weighted by Gasteiger charge is -2.09. The predicted molar refractivity (Wildman–Crippen MR) is 60.6 cm³/mol. The van der Waals surface area contributed by atoms with Crippen LogP contribution in [0.5, 0.6) is 0 Å². The maximum absolute atomic E-state index is 13.7. The number of benzene rings is 1. The van der Waals surface area contributed by atoms with E-state index in [0.29, 0.717) is 0 Å². The summed E-state index contributed by atoms with van der Waals surface area (Å²) in [6, 6.07) is 2.99. The Kier molecular flexibility index (Phi) is 3.24. The van der Waals surface area contributed by atoms with Gasteiger partial charge in [0.25, 0.3) is 0 Å². The van der Waals surface area contributed by atoms with Gasteiger partial charge in [-0.25, -0.2) is 13.9 Å². The summed E-state index contributed by atoms with van der Waals surface area (Å²) in [5, 5.41) is 19.7. The van der Waals surface area contributed by atoms with Crippen LogP contribution in [0.3, 0.4) is 0 Å². The van der Waals surface area contributed by atoms with Crippen LogP contribution in [0.4, 0.5) is 4.39 Å². The fourth-order valence-electron chi connectivity index (χ4n) is 1.41. The van der Waals surface area contributed by atoms with E-state index < -0.39 is 17.8 Å². The van der Waals surface area contributed by atoms with Crippen LogP contribution in [-0.4, -0.2) is 31.3 Å². The van der Waals surface area contributed by atoms with Crippen LogP contribution in [-0.2, 0) is 4.79 Å². The summed E-state index contributed by atoms with van der Waals surface area (Å²) in [4.78, 5) is 10.9. The molecule has 0 aliphatic carbocycles. The number of nitrogens with zero attached hydrogens (tertiary/aromatic N) is 4. The van der Waals surface area contributed by atoms with Crippen molar-refractivity contribution in [1.29, 1.82) is 0 Å². The highest BCUT2D eigenvalue weighted by Gasteiger charge is 2.21. The van der Waals surface area contributed by atoms with Gasteiger partial charge in [0.1, 0.15) is 5.82 Å². The van der Waals surface area contributed by atoms with E-state index in [4.69, 9.17) is 16.7 Å². The number of tetrazole rings is 1. The van der Waals surface area contributed by atoms with Crippen molar-refractivity contribution in [3.05, 3.63) is 29.0 Å². The van der Waals surface area contributed by atoms with E-state index in [-0.39, 0.29) is 16.4 Å². The van der Waals surface area contributed by atoms with Crippen molar-refractivity contribution in [2.75, 3.05) is 0 Å². The van der Waals surface area contributed by atoms with E-state index in [1.807, 2.05) is 0 Å². The Bertz CT molecular complexity index is 601. The quantitative estimate of drug-likeness (QED) is 0.919. The third kappa shape index (κ3) is 2.17. The van der Waals surface area contributed by atoms with E-state index in [1.54, 1.807) is 0 Å². The zero-order chi connectivity index (χ0) is 13.3. The van der Waals surface area contributed by atoms with Crippen molar-refractivity contribution in [3.63, 3.8) is 0 Å². The molecular weight excluding hydrogens is 263 g/mol. The largest absolute Gasteiger partial charge is 0.480 e. The van der Waals surface area contributed by atoms with Gasteiger partial charge in [-0.1, -0.05) is 11.6 Å². The number of rotatable bonds is 3. The standard InChI is InChI=1S/C10H8ClFN4O2/c1-5(10(17)18)16-9(13-14-15-16)7-3-2-6(11)4-8(7)12/h2-5H,1H3,(H,17,18). The second kappa shape index (κ2) is 4.69. The van der Waals surface area contributed by atoms with Gasteiger partial charge in [-0.3, -0.25) is 0 Å². The van der Waals surface area contributed by atoms with Crippen LogP contribution in [0.25, 0.3) is 11.4 Å². The SMILES string of the molecule is CC(C(=O)O)n1nnnc1-c1ccc(Cl)cc1F. The molecule has 0 fully saturated rings. The monoisotopic (exact) mass is 270 g/mol. The molecule has 0 bridgehead atoms. The molecule has 0 amide bonds. The van der Waals surface area contributed by atoms with Gasteiger partial charge in [0.2, 0.25) is 0 Å². The molecule has 8 heteroatoms. The van der Waals surface area contributed by atoms with Gasteiger partial charge < -0.3 is 5.11 Å². The van der Waals surface area contributed by atoms with Crippen molar-refractivity contribution < 1.29 is 14.3 Å². The highest BCUT2D eigenvalue weighted by Crippen LogP contribution is 2.24. The number of aliphatic carboxylic acids is 1. The lowest BCUT2D eigenvalue weighted by molar-refractivity contribution is -0.140. The van der Waals surface area contributed by atoms with Crippen molar-refractivity contribution >= 4 is 17.6 Å². The minimum absolute atomic E-state index is 0.0408. The summed E-state index contributed by atoms with van der Waals surface area (Å²) in [5.74, 6) is -1.69. The fourth-order valence-corrected chi connectivity index (χ4v) is 1.57. The lowest BCUT2D eigenvalue weighted by Crippen LogP contribution is -2.18. The smallest absolute Gasteiger partial charge is 0.328 e. The van der Waals surface area contributed by atoms with E-state index in [2.05, 4.69) is 15.5 Å². The average Bonchev–Trinajstić information content (AvgIpc) is 2.76. The minimum Gasteiger partial charge on any atom is -0.480 e. The number of carboxylic acid groups (broad SMARTS) is 1. The number of carboxylic acids is 1. The molecule has 2 aromatic rings. The van der Waals surface area contributed by atoms with Crippen LogP contribution in [0.2, 0.25) is 5.02 Å². The Morgan fingerprint density at radius 2 is 2.28 bits per heavy atom. The highest BCUT2D eigenvalue weighted by molar-refractivity contribution is 6.30. The number of hydrogen-bond donors (Lipinski definition) is 1. The summed E-state index contributed by atoms with van der Waals surface area (Å²) in [7, 11) is 0. The molecule has 94 valence electrons. The molecule has 1 heterocycles. The number of aromatic nitrogens is 4. The van der Waals surface area contributed by atoms with E-state index in [0.717, 1.165) is 10.7 Å². The Morgan fingerprint density at radius 1 is 1.56 bits per heavy atom. The molecule has 1 N–H and O–H groups in total. The van der Waals surface area contributed by atoms with Crippen LogP contribution < -0.4 is 0 Å². The molecule has 1 atom stereocenters. The first-order valence-electron chi connectivity index (χ1n) is 4.97. The number of carbonyl (C=O) groups is 1. The van der Waals surface area contributed by atoms with Gasteiger partial charge in [0, 0.05) is 5.02 Å². The fraction of sp³-hybridized carbons (Fsp3) is 0.200. The molecular formula is C10H8ClFN4O2. The summed E-state index contributed by atoms with van der Waals surface area (Å²) in [5.41, 5.74) is 0.0949. The van der Waals surface area contributed by atoms with Gasteiger partial charge in [-0.2, -0.15) is 0 Å². The van der Waals surface area contributed by atoms with Gasteiger partial charge >= 0.3 is 5.97 Å². The molecule has 0 aliphatic rings. The van der Waals surface area contributed by atoms with Gasteiger partial charge in [0.15, 0.2) is 11.9 Å². The molecule has 18 heavy (non-hydrogen) atoms. The maximum atomic E-state index is 13.7. The Labute approximate surface area is 106 Å². The zero-order valence-corrected chi connectivity index (χ0v) is 9.97. The Morgan fingerprint density at radius 3 is 2.89 bits per heavy atom. The summed E-state index contributed by atoms with van der Waals surface area (Å²) in [6.45, 7) is 1.40. The molecule has 1 unspecified atom stereocenters. The van der Waals surface area contributed by atoms with Crippen LogP contribution >= 0.6 is 11.6 Å². The van der Waals surface area contributed by atoms with E-state index in [1.165, 1.54) is 19.1 Å². The molecule has 0 aliphatic heterocycles. The third-order valence-electron chi connectivity index (χ3n) is 2.39. The zero-order valence-electron chi connectivity index (χ0n) is 9.21. The van der Waals surface area contributed by atoms with Crippen LogP contribution in [0.1, 0.15) is 13.0 Å². The van der Waals surface area contributed by atoms with Gasteiger partial charge in [0.05, 0.1) is 5.56 Å². The van der Waals surface area contributed by atoms with Crippen molar-refractivity contribution in [1.82, 2.24) is 20.2 Å². The summed E-state index contributed by atoms with van der Waals surface area (Å²) >= 11 is 5.64. The Hall–Kier alpha value is -2.02. The van der Waals surface area contributed by atoms with Crippen molar-refractivity contribution in [3.8, 4) is 11.4 Å².